The first-order valence-electron chi connectivity index (χ1n) is 5.52. The molecule has 2 atom stereocenters. The van der Waals surface area contributed by atoms with E-state index in [4.69, 9.17) is 10.6 Å². The van der Waals surface area contributed by atoms with Crippen molar-refractivity contribution in [1.29, 1.82) is 0 Å². The van der Waals surface area contributed by atoms with Crippen molar-refractivity contribution < 1.29 is 4.74 Å². The summed E-state index contributed by atoms with van der Waals surface area (Å²) in [6, 6.07) is 0.239. The van der Waals surface area contributed by atoms with Crippen molar-refractivity contribution in [3.63, 3.8) is 0 Å². The molecule has 1 rings (SSSR count). The normalized spacial score (nSPS) is 24.6. The predicted molar refractivity (Wildman–Crippen MR) is 58.8 cm³/mol. The van der Waals surface area contributed by atoms with Crippen molar-refractivity contribution in [2.75, 3.05) is 6.61 Å². The van der Waals surface area contributed by atoms with Crippen LogP contribution in [0.1, 0.15) is 39.0 Å². The minimum absolute atomic E-state index is 0.239. The molecule has 3 heteroatoms. The van der Waals surface area contributed by atoms with E-state index in [2.05, 4.69) is 18.9 Å². The Labute approximate surface area is 86.7 Å². The molecule has 0 radical (unpaired) electrons. The topological polar surface area (TPSA) is 47.3 Å². The monoisotopic (exact) mass is 198 g/mol. The number of ether oxygens (including phenoxy) is 1. The van der Waals surface area contributed by atoms with Gasteiger partial charge in [-0.1, -0.05) is 19.1 Å². The van der Waals surface area contributed by atoms with Gasteiger partial charge in [0.2, 0.25) is 0 Å². The highest BCUT2D eigenvalue weighted by Gasteiger charge is 2.23. The SMILES string of the molecule is C=C(CC)CC(NN)C1CCCCO1. The molecule has 0 aromatic rings. The number of rotatable bonds is 5. The van der Waals surface area contributed by atoms with Crippen LogP contribution in [0.3, 0.4) is 0 Å². The lowest BCUT2D eigenvalue weighted by atomic mass is 9.96. The zero-order valence-corrected chi connectivity index (χ0v) is 9.09. The fourth-order valence-corrected chi connectivity index (χ4v) is 1.84. The molecule has 2 unspecified atom stereocenters. The molecule has 3 N–H and O–H groups in total. The van der Waals surface area contributed by atoms with E-state index in [1.165, 1.54) is 18.4 Å². The van der Waals surface area contributed by atoms with Gasteiger partial charge in [0, 0.05) is 6.61 Å². The second kappa shape index (κ2) is 6.17. The molecule has 0 aromatic carbocycles. The zero-order valence-electron chi connectivity index (χ0n) is 9.09. The summed E-state index contributed by atoms with van der Waals surface area (Å²) in [5.74, 6) is 5.54. The highest BCUT2D eigenvalue weighted by atomic mass is 16.5. The van der Waals surface area contributed by atoms with Gasteiger partial charge in [0.15, 0.2) is 0 Å². The third-order valence-electron chi connectivity index (χ3n) is 2.89. The quantitative estimate of drug-likeness (QED) is 0.402. The van der Waals surface area contributed by atoms with E-state index in [1.54, 1.807) is 0 Å². The molecule has 0 spiro atoms. The maximum atomic E-state index is 5.69. The average Bonchev–Trinajstić information content (AvgIpc) is 2.26. The lowest BCUT2D eigenvalue weighted by molar-refractivity contribution is -0.00751. The maximum absolute atomic E-state index is 5.69. The van der Waals surface area contributed by atoms with Crippen molar-refractivity contribution >= 4 is 0 Å². The van der Waals surface area contributed by atoms with Gasteiger partial charge in [-0.25, -0.2) is 0 Å². The van der Waals surface area contributed by atoms with Crippen molar-refractivity contribution in [1.82, 2.24) is 5.43 Å². The summed E-state index contributed by atoms with van der Waals surface area (Å²) < 4.78 is 5.69. The third kappa shape index (κ3) is 3.40. The Balaban J connectivity index is 2.39. The molecule has 0 aliphatic carbocycles. The fourth-order valence-electron chi connectivity index (χ4n) is 1.84. The second-order valence-electron chi connectivity index (χ2n) is 3.99. The summed E-state index contributed by atoms with van der Waals surface area (Å²) in [7, 11) is 0. The lowest BCUT2D eigenvalue weighted by Gasteiger charge is -2.30. The second-order valence-corrected chi connectivity index (χ2v) is 3.99. The van der Waals surface area contributed by atoms with Crippen LogP contribution < -0.4 is 11.3 Å². The van der Waals surface area contributed by atoms with Gasteiger partial charge in [-0.15, -0.1) is 0 Å². The predicted octanol–water partition coefficient (Wildman–Crippen LogP) is 1.74. The van der Waals surface area contributed by atoms with Crippen LogP contribution in [0.5, 0.6) is 0 Å². The molecule has 0 saturated carbocycles. The number of nitrogens with one attached hydrogen (secondary N) is 1. The molecule has 1 saturated heterocycles. The molecular formula is C11H22N2O. The largest absolute Gasteiger partial charge is 0.377 e. The zero-order chi connectivity index (χ0) is 10.4. The van der Waals surface area contributed by atoms with Gasteiger partial charge in [0.05, 0.1) is 12.1 Å². The van der Waals surface area contributed by atoms with Crippen LogP contribution >= 0.6 is 0 Å². The van der Waals surface area contributed by atoms with Crippen LogP contribution in [0.15, 0.2) is 12.2 Å². The van der Waals surface area contributed by atoms with E-state index >= 15 is 0 Å². The van der Waals surface area contributed by atoms with Crippen LogP contribution in [-0.2, 0) is 4.74 Å². The Morgan fingerprint density at radius 1 is 1.64 bits per heavy atom. The van der Waals surface area contributed by atoms with E-state index in [1.807, 2.05) is 0 Å². The first-order chi connectivity index (χ1) is 6.77. The summed E-state index contributed by atoms with van der Waals surface area (Å²) in [5, 5.41) is 0. The van der Waals surface area contributed by atoms with Gasteiger partial charge < -0.3 is 4.74 Å². The summed E-state index contributed by atoms with van der Waals surface area (Å²) in [6.07, 6.45) is 5.77. The molecule has 0 amide bonds. The summed E-state index contributed by atoms with van der Waals surface area (Å²) in [4.78, 5) is 0. The van der Waals surface area contributed by atoms with E-state index in [-0.39, 0.29) is 12.1 Å². The Hall–Kier alpha value is -0.380. The van der Waals surface area contributed by atoms with Crippen LogP contribution in [-0.4, -0.2) is 18.8 Å². The maximum Gasteiger partial charge on any atom is 0.0744 e. The van der Waals surface area contributed by atoms with Gasteiger partial charge in [-0.05, 0) is 32.1 Å². The molecule has 1 fully saturated rings. The highest BCUT2D eigenvalue weighted by Crippen LogP contribution is 2.20. The fraction of sp³-hybridized carbons (Fsp3) is 0.818. The Morgan fingerprint density at radius 3 is 2.93 bits per heavy atom. The lowest BCUT2D eigenvalue weighted by Crippen LogP contribution is -2.46. The van der Waals surface area contributed by atoms with Gasteiger partial charge in [-0.3, -0.25) is 11.3 Å². The molecule has 1 heterocycles. The third-order valence-corrected chi connectivity index (χ3v) is 2.89. The van der Waals surface area contributed by atoms with Crippen molar-refractivity contribution in [2.24, 2.45) is 5.84 Å². The average molecular weight is 198 g/mol. The smallest absolute Gasteiger partial charge is 0.0744 e. The molecule has 1 aliphatic rings. The van der Waals surface area contributed by atoms with Gasteiger partial charge in [0.25, 0.3) is 0 Å². The van der Waals surface area contributed by atoms with Crippen LogP contribution in [0.25, 0.3) is 0 Å². The Bertz CT molecular complexity index is 176. The molecule has 14 heavy (non-hydrogen) atoms. The van der Waals surface area contributed by atoms with Crippen LogP contribution in [0.4, 0.5) is 0 Å². The Morgan fingerprint density at radius 2 is 2.43 bits per heavy atom. The summed E-state index contributed by atoms with van der Waals surface area (Å²) in [5.41, 5.74) is 4.09. The molecule has 82 valence electrons. The summed E-state index contributed by atoms with van der Waals surface area (Å²) in [6.45, 7) is 7.00. The molecule has 0 aromatic heterocycles. The molecule has 0 bridgehead atoms. The number of hydrazine groups is 1. The van der Waals surface area contributed by atoms with Crippen LogP contribution in [0, 0.1) is 0 Å². The van der Waals surface area contributed by atoms with E-state index in [0.29, 0.717) is 0 Å². The van der Waals surface area contributed by atoms with Crippen LogP contribution in [0.2, 0.25) is 0 Å². The molecule has 3 nitrogen and oxygen atoms in total. The minimum atomic E-state index is 0.239. The van der Waals surface area contributed by atoms with E-state index < -0.39 is 0 Å². The Kier molecular flexibility index (Phi) is 5.15. The van der Waals surface area contributed by atoms with Crippen molar-refractivity contribution in [2.45, 2.75) is 51.2 Å². The van der Waals surface area contributed by atoms with Gasteiger partial charge in [-0.2, -0.15) is 0 Å². The standard InChI is InChI=1S/C11H22N2O/c1-3-9(2)8-10(13-12)11-6-4-5-7-14-11/h10-11,13H,2-8,12H2,1H3. The van der Waals surface area contributed by atoms with Gasteiger partial charge >= 0.3 is 0 Å². The first-order valence-corrected chi connectivity index (χ1v) is 5.52. The number of hydrogen-bond acceptors (Lipinski definition) is 3. The molecule has 1 aliphatic heterocycles. The highest BCUT2D eigenvalue weighted by molar-refractivity contribution is 4.98. The van der Waals surface area contributed by atoms with Crippen molar-refractivity contribution in [3.8, 4) is 0 Å². The summed E-state index contributed by atoms with van der Waals surface area (Å²) >= 11 is 0. The van der Waals surface area contributed by atoms with E-state index in [9.17, 15) is 0 Å². The van der Waals surface area contributed by atoms with E-state index in [0.717, 1.165) is 25.9 Å². The van der Waals surface area contributed by atoms with Gasteiger partial charge in [0.1, 0.15) is 0 Å². The first kappa shape index (κ1) is 11.7. The molecular weight excluding hydrogens is 176 g/mol. The van der Waals surface area contributed by atoms with Crippen molar-refractivity contribution in [3.05, 3.63) is 12.2 Å². The number of nitrogens with two attached hydrogens (primary N) is 1. The number of hydrogen-bond donors (Lipinski definition) is 2. The minimum Gasteiger partial charge on any atom is -0.377 e.